The predicted octanol–water partition coefficient (Wildman–Crippen LogP) is 2.59. The van der Waals surface area contributed by atoms with Crippen LogP contribution >= 0.6 is 0 Å². The number of hydrogen-bond donors (Lipinski definition) is 2. The maximum absolute atomic E-state index is 14.0. The third-order valence-corrected chi connectivity index (χ3v) is 4.80. The summed E-state index contributed by atoms with van der Waals surface area (Å²) < 4.78 is 14.0. The number of halogens is 1. The van der Waals surface area contributed by atoms with E-state index in [1.165, 1.54) is 19.3 Å². The molecule has 0 unspecified atom stereocenters. The second kappa shape index (κ2) is 5.70. The zero-order chi connectivity index (χ0) is 14.1. The number of rotatable bonds is 3. The van der Waals surface area contributed by atoms with Crippen LogP contribution in [0.15, 0.2) is 12.1 Å². The molecular formula is C16H23FN2O. The zero-order valence-electron chi connectivity index (χ0n) is 12.0. The fraction of sp³-hybridized carbons (Fsp3) is 0.625. The highest BCUT2D eigenvalue weighted by atomic mass is 19.1. The third kappa shape index (κ3) is 2.42. The Morgan fingerprint density at radius 2 is 2.00 bits per heavy atom. The Balaban J connectivity index is 1.94. The molecule has 1 heterocycles. The van der Waals surface area contributed by atoms with Crippen molar-refractivity contribution in [2.75, 3.05) is 26.2 Å². The van der Waals surface area contributed by atoms with Crippen molar-refractivity contribution in [2.24, 2.45) is 5.92 Å². The molecule has 1 saturated carbocycles. The quantitative estimate of drug-likeness (QED) is 0.892. The molecule has 1 aromatic rings. The minimum absolute atomic E-state index is 0.138. The number of nitrogens with zero attached hydrogens (tertiary/aromatic N) is 1. The molecule has 0 spiro atoms. The Hall–Kier alpha value is -1.13. The number of phenols is 1. The molecule has 1 saturated heterocycles. The Morgan fingerprint density at radius 3 is 2.60 bits per heavy atom. The lowest BCUT2D eigenvalue weighted by atomic mass is 9.76. The molecule has 20 heavy (non-hydrogen) atoms. The zero-order valence-corrected chi connectivity index (χ0v) is 12.0. The summed E-state index contributed by atoms with van der Waals surface area (Å²) in [5.41, 5.74) is 1.29. The Kier molecular flexibility index (Phi) is 3.94. The maximum Gasteiger partial charge on any atom is 0.168 e. The first-order valence-corrected chi connectivity index (χ1v) is 7.61. The second-order valence-electron chi connectivity index (χ2n) is 6.06. The highest BCUT2D eigenvalue weighted by Crippen LogP contribution is 2.44. The van der Waals surface area contributed by atoms with Gasteiger partial charge in [0.2, 0.25) is 0 Å². The Labute approximate surface area is 119 Å². The van der Waals surface area contributed by atoms with E-state index in [-0.39, 0.29) is 11.8 Å². The molecule has 1 aliphatic carbocycles. The van der Waals surface area contributed by atoms with Crippen LogP contribution in [-0.4, -0.2) is 36.2 Å². The van der Waals surface area contributed by atoms with Gasteiger partial charge in [-0.05, 0) is 31.2 Å². The molecule has 3 nitrogen and oxygen atoms in total. The molecule has 1 aromatic carbocycles. The Morgan fingerprint density at radius 1 is 1.30 bits per heavy atom. The lowest BCUT2D eigenvalue weighted by Crippen LogP contribution is -2.47. The summed E-state index contributed by atoms with van der Waals surface area (Å²) in [5.74, 6) is -0.0384. The first kappa shape index (κ1) is 13.8. The molecule has 0 bridgehead atoms. The summed E-state index contributed by atoms with van der Waals surface area (Å²) in [5, 5.41) is 13.6. The molecule has 2 aliphatic rings. The topological polar surface area (TPSA) is 35.5 Å². The highest BCUT2D eigenvalue weighted by Gasteiger charge is 2.35. The number of aryl methyl sites for hydroxylation is 1. The molecular weight excluding hydrogens is 255 g/mol. The van der Waals surface area contributed by atoms with Crippen LogP contribution < -0.4 is 5.32 Å². The average molecular weight is 278 g/mol. The fourth-order valence-electron chi connectivity index (χ4n) is 3.38. The lowest BCUT2D eigenvalue weighted by molar-refractivity contribution is 0.0815. The van der Waals surface area contributed by atoms with E-state index in [0.717, 1.165) is 31.7 Å². The summed E-state index contributed by atoms with van der Waals surface area (Å²) in [4.78, 5) is 2.41. The fourth-order valence-corrected chi connectivity index (χ4v) is 3.38. The molecule has 0 amide bonds. The van der Waals surface area contributed by atoms with Gasteiger partial charge in [0.1, 0.15) is 0 Å². The highest BCUT2D eigenvalue weighted by molar-refractivity contribution is 5.40. The smallest absolute Gasteiger partial charge is 0.168 e. The number of phenolic OH excluding ortho intramolecular Hbond substituents is 1. The predicted molar refractivity (Wildman–Crippen MR) is 77.3 cm³/mol. The molecule has 110 valence electrons. The van der Waals surface area contributed by atoms with E-state index in [1.54, 1.807) is 13.0 Å². The first-order valence-electron chi connectivity index (χ1n) is 7.61. The van der Waals surface area contributed by atoms with Crippen molar-refractivity contribution in [3.8, 4) is 5.75 Å². The molecule has 1 atom stereocenters. The van der Waals surface area contributed by atoms with Gasteiger partial charge in [0.15, 0.2) is 11.6 Å². The van der Waals surface area contributed by atoms with Crippen LogP contribution in [0, 0.1) is 18.7 Å². The summed E-state index contributed by atoms with van der Waals surface area (Å²) in [6.07, 6.45) is 3.62. The summed E-state index contributed by atoms with van der Waals surface area (Å²) in [6.45, 7) is 5.57. The van der Waals surface area contributed by atoms with Crippen LogP contribution in [0.2, 0.25) is 0 Å². The maximum atomic E-state index is 14.0. The number of piperazine rings is 1. The van der Waals surface area contributed by atoms with Crippen molar-refractivity contribution in [1.29, 1.82) is 0 Å². The van der Waals surface area contributed by atoms with E-state index >= 15 is 0 Å². The molecule has 0 aromatic heterocycles. The van der Waals surface area contributed by atoms with Crippen LogP contribution in [0.1, 0.15) is 36.4 Å². The van der Waals surface area contributed by atoms with Crippen molar-refractivity contribution in [3.05, 3.63) is 29.1 Å². The summed E-state index contributed by atoms with van der Waals surface area (Å²) in [6, 6.07) is 3.87. The summed E-state index contributed by atoms with van der Waals surface area (Å²) in [7, 11) is 0. The Bertz CT molecular complexity index is 482. The van der Waals surface area contributed by atoms with E-state index in [0.29, 0.717) is 11.5 Å². The van der Waals surface area contributed by atoms with Crippen LogP contribution in [-0.2, 0) is 0 Å². The largest absolute Gasteiger partial charge is 0.505 e. The van der Waals surface area contributed by atoms with Gasteiger partial charge in [-0.2, -0.15) is 0 Å². The molecule has 4 heteroatoms. The number of hydrogen-bond acceptors (Lipinski definition) is 3. The second-order valence-corrected chi connectivity index (χ2v) is 6.06. The van der Waals surface area contributed by atoms with E-state index in [1.807, 2.05) is 6.07 Å². The van der Waals surface area contributed by atoms with Gasteiger partial charge < -0.3 is 10.4 Å². The van der Waals surface area contributed by atoms with Gasteiger partial charge in [0, 0.05) is 37.8 Å². The SMILES string of the molecule is Cc1ccc([C@H](C2CCC2)N2CCNCC2)c(O)c1F. The van der Waals surface area contributed by atoms with Crippen LogP contribution in [0.4, 0.5) is 4.39 Å². The summed E-state index contributed by atoms with van der Waals surface area (Å²) >= 11 is 0. The molecule has 2 N–H and O–H groups in total. The monoisotopic (exact) mass is 278 g/mol. The minimum Gasteiger partial charge on any atom is -0.505 e. The van der Waals surface area contributed by atoms with E-state index < -0.39 is 5.82 Å². The van der Waals surface area contributed by atoms with Crippen molar-refractivity contribution in [1.82, 2.24) is 10.2 Å². The van der Waals surface area contributed by atoms with Gasteiger partial charge in [-0.1, -0.05) is 18.6 Å². The number of benzene rings is 1. The number of nitrogens with one attached hydrogen (secondary N) is 1. The third-order valence-electron chi connectivity index (χ3n) is 4.80. The van der Waals surface area contributed by atoms with Gasteiger partial charge in [0.25, 0.3) is 0 Å². The normalized spacial score (nSPS) is 22.5. The van der Waals surface area contributed by atoms with E-state index in [9.17, 15) is 9.50 Å². The molecule has 2 fully saturated rings. The van der Waals surface area contributed by atoms with Gasteiger partial charge in [-0.25, -0.2) is 4.39 Å². The van der Waals surface area contributed by atoms with Crippen molar-refractivity contribution in [3.63, 3.8) is 0 Å². The first-order chi connectivity index (χ1) is 9.68. The van der Waals surface area contributed by atoms with Crippen LogP contribution in [0.25, 0.3) is 0 Å². The van der Waals surface area contributed by atoms with Crippen molar-refractivity contribution in [2.45, 2.75) is 32.2 Å². The van der Waals surface area contributed by atoms with Gasteiger partial charge in [-0.3, -0.25) is 4.90 Å². The average Bonchev–Trinajstić information content (AvgIpc) is 2.42. The minimum atomic E-state index is -0.457. The van der Waals surface area contributed by atoms with Crippen LogP contribution in [0.5, 0.6) is 5.75 Å². The lowest BCUT2D eigenvalue weighted by Gasteiger charge is -2.43. The van der Waals surface area contributed by atoms with E-state index in [4.69, 9.17) is 0 Å². The van der Waals surface area contributed by atoms with Crippen LogP contribution in [0.3, 0.4) is 0 Å². The van der Waals surface area contributed by atoms with E-state index in [2.05, 4.69) is 10.2 Å². The molecule has 0 radical (unpaired) electrons. The van der Waals surface area contributed by atoms with Crippen molar-refractivity contribution >= 4 is 0 Å². The molecule has 3 rings (SSSR count). The number of aromatic hydroxyl groups is 1. The van der Waals surface area contributed by atoms with Crippen molar-refractivity contribution < 1.29 is 9.50 Å². The van der Waals surface area contributed by atoms with Gasteiger partial charge >= 0.3 is 0 Å². The van der Waals surface area contributed by atoms with Gasteiger partial charge in [-0.15, -0.1) is 0 Å². The van der Waals surface area contributed by atoms with Gasteiger partial charge in [0.05, 0.1) is 0 Å². The standard InChI is InChI=1S/C16H23FN2O/c1-11-5-6-13(16(20)14(11)17)15(12-3-2-4-12)19-9-7-18-8-10-19/h5-6,12,15,18,20H,2-4,7-10H2,1H3/t15-/m0/s1. The molecule has 1 aliphatic heterocycles.